The van der Waals surface area contributed by atoms with Gasteiger partial charge in [-0.2, -0.15) is 0 Å². The van der Waals surface area contributed by atoms with Crippen molar-refractivity contribution in [3.63, 3.8) is 0 Å². The SMILES string of the molecule is CC(c1ccccc1)N(C)C(=O)C(C)(N)C1CC1. The number of nitrogens with two attached hydrogens (primary N) is 1. The molecule has 3 heteroatoms. The number of nitrogens with zero attached hydrogens (tertiary/aromatic N) is 1. The van der Waals surface area contributed by atoms with Crippen molar-refractivity contribution in [3.05, 3.63) is 35.9 Å². The summed E-state index contributed by atoms with van der Waals surface area (Å²) in [5.41, 5.74) is 6.62. The predicted octanol–water partition coefficient (Wildman–Crippen LogP) is 2.33. The molecule has 2 rings (SSSR count). The molecule has 0 spiro atoms. The molecular weight excluding hydrogens is 224 g/mol. The largest absolute Gasteiger partial charge is 0.337 e. The predicted molar refractivity (Wildman–Crippen MR) is 72.9 cm³/mol. The summed E-state index contributed by atoms with van der Waals surface area (Å²) >= 11 is 0. The van der Waals surface area contributed by atoms with Crippen LogP contribution in [0.2, 0.25) is 0 Å². The third-order valence-electron chi connectivity index (χ3n) is 4.07. The number of likely N-dealkylation sites (N-methyl/N-ethyl adjacent to an activating group) is 1. The highest BCUT2D eigenvalue weighted by Crippen LogP contribution is 2.39. The Morgan fingerprint density at radius 3 is 2.44 bits per heavy atom. The quantitative estimate of drug-likeness (QED) is 0.886. The van der Waals surface area contributed by atoms with Crippen LogP contribution in [0.15, 0.2) is 30.3 Å². The summed E-state index contributed by atoms with van der Waals surface area (Å²) in [5.74, 6) is 0.400. The summed E-state index contributed by atoms with van der Waals surface area (Å²) in [7, 11) is 1.84. The highest BCUT2D eigenvalue weighted by molar-refractivity contribution is 5.86. The molecule has 3 nitrogen and oxygen atoms in total. The molecule has 1 aromatic rings. The lowest BCUT2D eigenvalue weighted by molar-refractivity contribution is -0.137. The highest BCUT2D eigenvalue weighted by atomic mass is 16.2. The molecular formula is C15H22N2O. The summed E-state index contributed by atoms with van der Waals surface area (Å²) in [6.45, 7) is 3.90. The minimum absolute atomic E-state index is 0.0429. The fourth-order valence-corrected chi connectivity index (χ4v) is 2.37. The van der Waals surface area contributed by atoms with E-state index in [1.807, 2.05) is 51.2 Å². The van der Waals surface area contributed by atoms with E-state index in [1.165, 1.54) is 0 Å². The van der Waals surface area contributed by atoms with Gasteiger partial charge in [-0.3, -0.25) is 4.79 Å². The van der Waals surface area contributed by atoms with E-state index in [4.69, 9.17) is 5.73 Å². The molecule has 1 saturated carbocycles. The van der Waals surface area contributed by atoms with Gasteiger partial charge in [-0.25, -0.2) is 0 Å². The Kier molecular flexibility index (Phi) is 3.44. The topological polar surface area (TPSA) is 46.3 Å². The van der Waals surface area contributed by atoms with Crippen LogP contribution < -0.4 is 5.73 Å². The van der Waals surface area contributed by atoms with Gasteiger partial charge in [0.2, 0.25) is 5.91 Å². The molecule has 2 atom stereocenters. The third-order valence-corrected chi connectivity index (χ3v) is 4.07. The Morgan fingerprint density at radius 2 is 1.94 bits per heavy atom. The van der Waals surface area contributed by atoms with Gasteiger partial charge in [0, 0.05) is 7.05 Å². The smallest absolute Gasteiger partial charge is 0.242 e. The minimum atomic E-state index is -0.711. The molecule has 0 bridgehead atoms. The van der Waals surface area contributed by atoms with E-state index in [2.05, 4.69) is 0 Å². The summed E-state index contributed by atoms with van der Waals surface area (Å²) < 4.78 is 0. The van der Waals surface area contributed by atoms with Crippen LogP contribution in [0.4, 0.5) is 0 Å². The van der Waals surface area contributed by atoms with E-state index in [9.17, 15) is 4.79 Å². The van der Waals surface area contributed by atoms with E-state index < -0.39 is 5.54 Å². The van der Waals surface area contributed by atoms with Gasteiger partial charge < -0.3 is 10.6 Å². The van der Waals surface area contributed by atoms with Gasteiger partial charge in [-0.15, -0.1) is 0 Å². The van der Waals surface area contributed by atoms with Gasteiger partial charge in [0.25, 0.3) is 0 Å². The van der Waals surface area contributed by atoms with E-state index in [0.717, 1.165) is 18.4 Å². The molecule has 2 N–H and O–H groups in total. The first-order valence-corrected chi connectivity index (χ1v) is 6.55. The summed E-state index contributed by atoms with van der Waals surface area (Å²) in [6, 6.07) is 10.1. The maximum absolute atomic E-state index is 12.5. The number of amides is 1. The van der Waals surface area contributed by atoms with Gasteiger partial charge in [-0.1, -0.05) is 30.3 Å². The van der Waals surface area contributed by atoms with Crippen LogP contribution in [-0.4, -0.2) is 23.4 Å². The summed E-state index contributed by atoms with van der Waals surface area (Å²) in [5, 5.41) is 0. The first kappa shape index (κ1) is 13.1. The molecule has 1 aromatic carbocycles. The second kappa shape index (κ2) is 4.73. The van der Waals surface area contributed by atoms with Crippen LogP contribution in [0.25, 0.3) is 0 Å². The Hall–Kier alpha value is -1.35. The van der Waals surface area contributed by atoms with Crippen LogP contribution >= 0.6 is 0 Å². The van der Waals surface area contributed by atoms with Crippen molar-refractivity contribution in [2.45, 2.75) is 38.3 Å². The van der Waals surface area contributed by atoms with Crippen LogP contribution in [0.3, 0.4) is 0 Å². The normalized spacial score (nSPS) is 20.0. The standard InChI is InChI=1S/C15H22N2O/c1-11(12-7-5-4-6-8-12)17(3)14(18)15(2,16)13-9-10-13/h4-8,11,13H,9-10,16H2,1-3H3. The van der Waals surface area contributed by atoms with E-state index in [-0.39, 0.29) is 11.9 Å². The fraction of sp³-hybridized carbons (Fsp3) is 0.533. The second-order valence-electron chi connectivity index (χ2n) is 5.56. The fourth-order valence-electron chi connectivity index (χ4n) is 2.37. The Morgan fingerprint density at radius 1 is 1.39 bits per heavy atom. The van der Waals surface area contributed by atoms with Crippen molar-refractivity contribution in [3.8, 4) is 0 Å². The van der Waals surface area contributed by atoms with Crippen molar-refractivity contribution < 1.29 is 4.79 Å². The molecule has 1 aliphatic rings. The lowest BCUT2D eigenvalue weighted by Gasteiger charge is -2.33. The van der Waals surface area contributed by atoms with Crippen molar-refractivity contribution in [1.29, 1.82) is 0 Å². The Labute approximate surface area is 109 Å². The Balaban J connectivity index is 2.11. The van der Waals surface area contributed by atoms with Crippen LogP contribution in [0.1, 0.15) is 38.3 Å². The lowest BCUT2D eigenvalue weighted by Crippen LogP contribution is -2.54. The monoisotopic (exact) mass is 246 g/mol. The average molecular weight is 246 g/mol. The number of carbonyl (C=O) groups excluding carboxylic acids is 1. The molecule has 0 aliphatic heterocycles. The molecule has 0 heterocycles. The molecule has 0 radical (unpaired) electrons. The molecule has 2 unspecified atom stereocenters. The molecule has 1 aliphatic carbocycles. The molecule has 0 aromatic heterocycles. The van der Waals surface area contributed by atoms with Crippen molar-refractivity contribution in [1.82, 2.24) is 4.90 Å². The van der Waals surface area contributed by atoms with Crippen molar-refractivity contribution in [2.24, 2.45) is 11.7 Å². The van der Waals surface area contributed by atoms with E-state index in [1.54, 1.807) is 4.90 Å². The van der Waals surface area contributed by atoms with Crippen LogP contribution in [0, 0.1) is 5.92 Å². The van der Waals surface area contributed by atoms with Crippen LogP contribution in [-0.2, 0) is 4.79 Å². The zero-order valence-corrected chi connectivity index (χ0v) is 11.4. The van der Waals surface area contributed by atoms with E-state index >= 15 is 0 Å². The maximum Gasteiger partial charge on any atom is 0.242 e. The van der Waals surface area contributed by atoms with Crippen molar-refractivity contribution >= 4 is 5.91 Å². The van der Waals surface area contributed by atoms with Gasteiger partial charge in [0.1, 0.15) is 0 Å². The number of hydrogen-bond donors (Lipinski definition) is 1. The van der Waals surface area contributed by atoms with Gasteiger partial charge in [0.05, 0.1) is 11.6 Å². The van der Waals surface area contributed by atoms with Crippen molar-refractivity contribution in [2.75, 3.05) is 7.05 Å². The van der Waals surface area contributed by atoms with Gasteiger partial charge in [-0.05, 0) is 38.2 Å². The number of rotatable bonds is 4. The number of carbonyl (C=O) groups is 1. The molecule has 98 valence electrons. The molecule has 1 fully saturated rings. The summed E-state index contributed by atoms with van der Waals surface area (Å²) in [4.78, 5) is 14.2. The van der Waals surface area contributed by atoms with Gasteiger partial charge in [0.15, 0.2) is 0 Å². The third kappa shape index (κ3) is 2.41. The molecule has 0 saturated heterocycles. The molecule has 1 amide bonds. The summed E-state index contributed by atoms with van der Waals surface area (Å²) in [6.07, 6.45) is 2.15. The second-order valence-corrected chi connectivity index (χ2v) is 5.56. The lowest BCUT2D eigenvalue weighted by atomic mass is 9.94. The first-order valence-electron chi connectivity index (χ1n) is 6.55. The van der Waals surface area contributed by atoms with E-state index in [0.29, 0.717) is 5.92 Å². The first-order chi connectivity index (χ1) is 8.44. The Bertz CT molecular complexity index is 423. The number of hydrogen-bond acceptors (Lipinski definition) is 2. The zero-order valence-electron chi connectivity index (χ0n) is 11.4. The minimum Gasteiger partial charge on any atom is -0.337 e. The maximum atomic E-state index is 12.5. The number of benzene rings is 1. The molecule has 18 heavy (non-hydrogen) atoms. The van der Waals surface area contributed by atoms with Gasteiger partial charge >= 0.3 is 0 Å². The van der Waals surface area contributed by atoms with Crippen LogP contribution in [0.5, 0.6) is 0 Å². The highest BCUT2D eigenvalue weighted by Gasteiger charge is 2.45. The average Bonchev–Trinajstić information content (AvgIpc) is 3.21. The zero-order chi connectivity index (χ0) is 13.3.